The SMILES string of the molecule is CC(O)C(C)CCC1=CCC(C=O)CC1. The van der Waals surface area contributed by atoms with Gasteiger partial charge in [-0.1, -0.05) is 18.6 Å². The van der Waals surface area contributed by atoms with Crippen LogP contribution in [0.2, 0.25) is 0 Å². The van der Waals surface area contributed by atoms with Gasteiger partial charge in [-0.2, -0.15) is 0 Å². The number of allylic oxidation sites excluding steroid dienone is 2. The van der Waals surface area contributed by atoms with Crippen molar-refractivity contribution in [3.8, 4) is 0 Å². The number of carbonyl (C=O) groups excluding carboxylic acids is 1. The van der Waals surface area contributed by atoms with Crippen LogP contribution in [0, 0.1) is 11.8 Å². The first kappa shape index (κ1) is 12.4. The number of carbonyl (C=O) groups is 1. The van der Waals surface area contributed by atoms with Gasteiger partial charge < -0.3 is 9.90 Å². The van der Waals surface area contributed by atoms with E-state index in [1.807, 2.05) is 6.92 Å². The van der Waals surface area contributed by atoms with Crippen LogP contribution in [0.15, 0.2) is 11.6 Å². The third-order valence-electron chi connectivity index (χ3n) is 3.48. The second-order valence-electron chi connectivity index (χ2n) is 4.79. The number of rotatable bonds is 5. The minimum absolute atomic E-state index is 0.211. The molecule has 0 spiro atoms. The van der Waals surface area contributed by atoms with E-state index < -0.39 is 0 Å². The van der Waals surface area contributed by atoms with Crippen molar-refractivity contribution in [3.63, 3.8) is 0 Å². The average molecular weight is 210 g/mol. The Morgan fingerprint density at radius 1 is 1.60 bits per heavy atom. The quantitative estimate of drug-likeness (QED) is 0.559. The Morgan fingerprint density at radius 3 is 2.80 bits per heavy atom. The predicted octanol–water partition coefficient (Wildman–Crippen LogP) is 2.71. The second-order valence-corrected chi connectivity index (χ2v) is 4.79. The minimum atomic E-state index is -0.211. The molecule has 1 aliphatic carbocycles. The lowest BCUT2D eigenvalue weighted by molar-refractivity contribution is -0.111. The topological polar surface area (TPSA) is 37.3 Å². The maximum absolute atomic E-state index is 10.6. The smallest absolute Gasteiger partial charge is 0.123 e. The first-order valence-corrected chi connectivity index (χ1v) is 5.94. The lowest BCUT2D eigenvalue weighted by Crippen LogP contribution is -2.13. The van der Waals surface area contributed by atoms with E-state index in [1.54, 1.807) is 0 Å². The third kappa shape index (κ3) is 4.17. The van der Waals surface area contributed by atoms with Gasteiger partial charge in [0.25, 0.3) is 0 Å². The Labute approximate surface area is 92.4 Å². The summed E-state index contributed by atoms with van der Waals surface area (Å²) in [7, 11) is 0. The van der Waals surface area contributed by atoms with E-state index in [-0.39, 0.29) is 12.0 Å². The van der Waals surface area contributed by atoms with E-state index in [1.165, 1.54) is 5.57 Å². The fraction of sp³-hybridized carbons (Fsp3) is 0.769. The Balaban J connectivity index is 2.28. The zero-order valence-corrected chi connectivity index (χ0v) is 9.78. The molecule has 0 aromatic carbocycles. The van der Waals surface area contributed by atoms with Crippen molar-refractivity contribution < 1.29 is 9.90 Å². The van der Waals surface area contributed by atoms with Crippen molar-refractivity contribution in [2.75, 3.05) is 0 Å². The molecular formula is C13H22O2. The van der Waals surface area contributed by atoms with Crippen molar-refractivity contribution in [1.82, 2.24) is 0 Å². The van der Waals surface area contributed by atoms with Crippen LogP contribution in [0.3, 0.4) is 0 Å². The van der Waals surface area contributed by atoms with Gasteiger partial charge >= 0.3 is 0 Å². The van der Waals surface area contributed by atoms with Crippen molar-refractivity contribution in [3.05, 3.63) is 11.6 Å². The van der Waals surface area contributed by atoms with Crippen LogP contribution in [0.4, 0.5) is 0 Å². The molecule has 2 heteroatoms. The predicted molar refractivity (Wildman–Crippen MR) is 61.6 cm³/mol. The van der Waals surface area contributed by atoms with Gasteiger partial charge in [0.1, 0.15) is 6.29 Å². The number of hydrogen-bond acceptors (Lipinski definition) is 2. The van der Waals surface area contributed by atoms with Gasteiger partial charge in [-0.05, 0) is 44.9 Å². The molecule has 3 unspecified atom stereocenters. The summed E-state index contributed by atoms with van der Waals surface area (Å²) in [4.78, 5) is 10.6. The van der Waals surface area contributed by atoms with Crippen LogP contribution in [0.5, 0.6) is 0 Å². The zero-order chi connectivity index (χ0) is 11.3. The highest BCUT2D eigenvalue weighted by molar-refractivity contribution is 5.54. The van der Waals surface area contributed by atoms with Crippen molar-refractivity contribution in [1.29, 1.82) is 0 Å². The summed E-state index contributed by atoms with van der Waals surface area (Å²) in [6, 6.07) is 0. The Kier molecular flexibility index (Phi) is 5.03. The van der Waals surface area contributed by atoms with E-state index in [4.69, 9.17) is 0 Å². The molecule has 0 aromatic heterocycles. The van der Waals surface area contributed by atoms with Crippen LogP contribution >= 0.6 is 0 Å². The highest BCUT2D eigenvalue weighted by atomic mass is 16.3. The van der Waals surface area contributed by atoms with Gasteiger partial charge in [-0.15, -0.1) is 0 Å². The number of aldehydes is 1. The molecule has 0 radical (unpaired) electrons. The van der Waals surface area contributed by atoms with Gasteiger partial charge in [0, 0.05) is 5.92 Å². The highest BCUT2D eigenvalue weighted by Gasteiger charge is 2.15. The van der Waals surface area contributed by atoms with Crippen molar-refractivity contribution in [2.45, 2.75) is 52.1 Å². The van der Waals surface area contributed by atoms with Crippen LogP contribution in [0.1, 0.15) is 46.0 Å². The number of aliphatic hydroxyl groups excluding tert-OH is 1. The molecule has 2 nitrogen and oxygen atoms in total. The molecule has 1 rings (SSSR count). The van der Waals surface area contributed by atoms with Crippen molar-refractivity contribution >= 4 is 6.29 Å². The molecule has 0 heterocycles. The van der Waals surface area contributed by atoms with Crippen LogP contribution in [0.25, 0.3) is 0 Å². The standard InChI is InChI=1S/C13H22O2/c1-10(11(2)15)3-4-12-5-7-13(9-14)8-6-12/h5,9-11,13,15H,3-4,6-8H2,1-2H3. The van der Waals surface area contributed by atoms with Gasteiger partial charge in [0.2, 0.25) is 0 Å². The maximum Gasteiger partial charge on any atom is 0.123 e. The summed E-state index contributed by atoms with van der Waals surface area (Å²) in [5.41, 5.74) is 1.47. The second kappa shape index (κ2) is 6.06. The van der Waals surface area contributed by atoms with Gasteiger partial charge in [-0.25, -0.2) is 0 Å². The molecule has 0 aromatic rings. The Bertz CT molecular complexity index is 231. The summed E-state index contributed by atoms with van der Waals surface area (Å²) in [6.45, 7) is 3.94. The fourth-order valence-corrected chi connectivity index (χ4v) is 1.91. The molecule has 0 saturated carbocycles. The molecular weight excluding hydrogens is 188 g/mol. The lowest BCUT2D eigenvalue weighted by Gasteiger charge is -2.20. The summed E-state index contributed by atoms with van der Waals surface area (Å²) < 4.78 is 0. The number of aliphatic hydroxyl groups is 1. The number of hydrogen-bond donors (Lipinski definition) is 1. The molecule has 86 valence electrons. The average Bonchev–Trinajstić information content (AvgIpc) is 2.26. The van der Waals surface area contributed by atoms with E-state index in [0.717, 1.165) is 38.4 Å². The first-order chi connectivity index (χ1) is 7.13. The molecule has 3 atom stereocenters. The zero-order valence-electron chi connectivity index (χ0n) is 9.78. The lowest BCUT2D eigenvalue weighted by atomic mass is 9.87. The molecule has 1 N–H and O–H groups in total. The monoisotopic (exact) mass is 210 g/mol. The summed E-state index contributed by atoms with van der Waals surface area (Å²) in [6.07, 6.45) is 8.21. The summed E-state index contributed by atoms with van der Waals surface area (Å²) in [5, 5.41) is 9.36. The Morgan fingerprint density at radius 2 is 2.33 bits per heavy atom. The molecule has 0 fully saturated rings. The van der Waals surface area contributed by atoms with Gasteiger partial charge in [0.15, 0.2) is 0 Å². The van der Waals surface area contributed by atoms with E-state index in [0.29, 0.717) is 5.92 Å². The van der Waals surface area contributed by atoms with Gasteiger partial charge in [0.05, 0.1) is 6.10 Å². The highest BCUT2D eigenvalue weighted by Crippen LogP contribution is 2.26. The minimum Gasteiger partial charge on any atom is -0.393 e. The van der Waals surface area contributed by atoms with Crippen LogP contribution in [-0.2, 0) is 4.79 Å². The van der Waals surface area contributed by atoms with E-state index in [9.17, 15) is 9.90 Å². The summed E-state index contributed by atoms with van der Waals surface area (Å²) in [5.74, 6) is 0.623. The van der Waals surface area contributed by atoms with Gasteiger partial charge in [-0.3, -0.25) is 0 Å². The molecule has 15 heavy (non-hydrogen) atoms. The normalized spacial score (nSPS) is 25.5. The molecule has 0 amide bonds. The third-order valence-corrected chi connectivity index (χ3v) is 3.48. The maximum atomic E-state index is 10.6. The molecule has 0 aliphatic heterocycles. The fourth-order valence-electron chi connectivity index (χ4n) is 1.91. The molecule has 1 aliphatic rings. The van der Waals surface area contributed by atoms with Crippen LogP contribution in [-0.4, -0.2) is 17.5 Å². The van der Waals surface area contributed by atoms with Crippen LogP contribution < -0.4 is 0 Å². The molecule has 0 saturated heterocycles. The summed E-state index contributed by atoms with van der Waals surface area (Å²) >= 11 is 0. The first-order valence-electron chi connectivity index (χ1n) is 5.94. The van der Waals surface area contributed by atoms with Crippen molar-refractivity contribution in [2.24, 2.45) is 11.8 Å². The van der Waals surface area contributed by atoms with E-state index in [2.05, 4.69) is 13.0 Å². The molecule has 0 bridgehead atoms. The van der Waals surface area contributed by atoms with E-state index >= 15 is 0 Å². The largest absolute Gasteiger partial charge is 0.393 e. The Hall–Kier alpha value is -0.630.